The van der Waals surface area contributed by atoms with Gasteiger partial charge in [-0.1, -0.05) is 6.07 Å². The largest absolute Gasteiger partial charge is 0.478 e. The van der Waals surface area contributed by atoms with Gasteiger partial charge >= 0.3 is 0 Å². The minimum absolute atomic E-state index is 0.0109. The summed E-state index contributed by atoms with van der Waals surface area (Å²) in [6.45, 7) is 3.43. The van der Waals surface area contributed by atoms with Gasteiger partial charge in [-0.2, -0.15) is 5.10 Å². The van der Waals surface area contributed by atoms with Crippen LogP contribution in [0.1, 0.15) is 12.5 Å². The van der Waals surface area contributed by atoms with E-state index in [4.69, 9.17) is 9.84 Å². The van der Waals surface area contributed by atoms with Crippen molar-refractivity contribution in [2.24, 2.45) is 0 Å². The van der Waals surface area contributed by atoms with Crippen LogP contribution in [0.25, 0.3) is 11.0 Å². The topological polar surface area (TPSA) is 98.0 Å². The molecule has 0 aliphatic rings. The van der Waals surface area contributed by atoms with Crippen molar-refractivity contribution in [3.63, 3.8) is 0 Å². The first-order valence-electron chi connectivity index (χ1n) is 7.41. The van der Waals surface area contributed by atoms with Crippen LogP contribution >= 0.6 is 0 Å². The minimum Gasteiger partial charge on any atom is -0.478 e. The minimum atomic E-state index is 0.0109. The van der Waals surface area contributed by atoms with Crippen molar-refractivity contribution in [2.75, 3.05) is 18.5 Å². The zero-order valence-corrected chi connectivity index (χ0v) is 12.8. The number of anilines is 1. The molecule has 3 aromatic heterocycles. The first-order valence-corrected chi connectivity index (χ1v) is 7.41. The van der Waals surface area contributed by atoms with E-state index >= 15 is 0 Å². The number of hydrogen-bond donors (Lipinski definition) is 2. The summed E-state index contributed by atoms with van der Waals surface area (Å²) in [6.07, 6.45) is 4.88. The third-order valence-electron chi connectivity index (χ3n) is 3.32. The predicted octanol–water partition coefficient (Wildman–Crippen LogP) is 1.22. The smallest absolute Gasteiger partial charge is 0.218 e. The molecule has 0 amide bonds. The zero-order chi connectivity index (χ0) is 16.1. The van der Waals surface area contributed by atoms with Gasteiger partial charge in [0.25, 0.3) is 0 Å². The summed E-state index contributed by atoms with van der Waals surface area (Å²) in [5.74, 6) is 1.30. The fourth-order valence-electron chi connectivity index (χ4n) is 2.30. The Hall–Kier alpha value is -2.74. The van der Waals surface area contributed by atoms with Crippen molar-refractivity contribution < 1.29 is 9.84 Å². The quantitative estimate of drug-likeness (QED) is 0.676. The summed E-state index contributed by atoms with van der Waals surface area (Å²) >= 11 is 0. The Bertz CT molecular complexity index is 788. The highest BCUT2D eigenvalue weighted by atomic mass is 16.5. The number of hydrogen-bond acceptors (Lipinski definition) is 7. The summed E-state index contributed by atoms with van der Waals surface area (Å²) in [6, 6.07) is 3.83. The molecular formula is C15H18N6O2. The van der Waals surface area contributed by atoms with Crippen molar-refractivity contribution in [1.29, 1.82) is 0 Å². The van der Waals surface area contributed by atoms with Crippen LogP contribution in [0.5, 0.6) is 5.88 Å². The van der Waals surface area contributed by atoms with Gasteiger partial charge in [0.2, 0.25) is 5.88 Å². The van der Waals surface area contributed by atoms with Crippen LogP contribution in [0, 0.1) is 0 Å². The Kier molecular flexibility index (Phi) is 4.62. The molecule has 0 aliphatic heterocycles. The Morgan fingerprint density at radius 1 is 1.30 bits per heavy atom. The van der Waals surface area contributed by atoms with Gasteiger partial charge in [0.05, 0.1) is 31.3 Å². The lowest BCUT2D eigenvalue weighted by molar-refractivity contribution is 0.271. The molecule has 120 valence electrons. The van der Waals surface area contributed by atoms with E-state index < -0.39 is 0 Å². The highest BCUT2D eigenvalue weighted by molar-refractivity contribution is 5.86. The lowest BCUT2D eigenvalue weighted by Crippen LogP contribution is -2.07. The summed E-state index contributed by atoms with van der Waals surface area (Å²) in [7, 11) is 0. The molecule has 0 unspecified atom stereocenters. The SMILES string of the molecule is CCOc1ncccc1CNc1ncnc2c1cnn2CCO. The maximum Gasteiger partial charge on any atom is 0.218 e. The number of aliphatic hydroxyl groups is 1. The van der Waals surface area contributed by atoms with Crippen LogP contribution in [0.3, 0.4) is 0 Å². The van der Waals surface area contributed by atoms with Crippen molar-refractivity contribution in [3.05, 3.63) is 36.4 Å². The maximum atomic E-state index is 9.06. The Balaban J connectivity index is 1.82. The van der Waals surface area contributed by atoms with Gasteiger partial charge in [-0.25, -0.2) is 19.6 Å². The fourth-order valence-corrected chi connectivity index (χ4v) is 2.30. The molecule has 0 atom stereocenters. The van der Waals surface area contributed by atoms with Gasteiger partial charge in [0, 0.05) is 18.3 Å². The van der Waals surface area contributed by atoms with Gasteiger partial charge in [0.15, 0.2) is 5.65 Å². The van der Waals surface area contributed by atoms with Crippen molar-refractivity contribution >= 4 is 16.9 Å². The van der Waals surface area contributed by atoms with Crippen LogP contribution in [-0.2, 0) is 13.1 Å². The van der Waals surface area contributed by atoms with E-state index in [2.05, 4.69) is 25.4 Å². The standard InChI is InChI=1S/C15H18N6O2/c1-2-23-15-11(4-3-5-16-15)8-17-13-12-9-20-21(6-7-22)14(12)19-10-18-13/h3-5,9-10,22H,2,6-8H2,1H3,(H,17,18,19). The molecule has 2 N–H and O–H groups in total. The van der Waals surface area contributed by atoms with Crippen molar-refractivity contribution in [2.45, 2.75) is 20.0 Å². The second-order valence-corrected chi connectivity index (χ2v) is 4.81. The number of aliphatic hydroxyl groups excluding tert-OH is 1. The third-order valence-corrected chi connectivity index (χ3v) is 3.32. The van der Waals surface area contributed by atoms with Crippen LogP contribution in [-0.4, -0.2) is 43.1 Å². The van der Waals surface area contributed by atoms with Gasteiger partial charge < -0.3 is 15.2 Å². The van der Waals surface area contributed by atoms with Crippen LogP contribution in [0.2, 0.25) is 0 Å². The van der Waals surface area contributed by atoms with Crippen LogP contribution in [0.4, 0.5) is 5.82 Å². The van der Waals surface area contributed by atoms with E-state index in [0.717, 1.165) is 10.9 Å². The first-order chi connectivity index (χ1) is 11.3. The fraction of sp³-hybridized carbons (Fsp3) is 0.333. The van der Waals surface area contributed by atoms with E-state index in [9.17, 15) is 0 Å². The highest BCUT2D eigenvalue weighted by Gasteiger charge is 2.10. The van der Waals surface area contributed by atoms with E-state index in [0.29, 0.717) is 37.0 Å². The predicted molar refractivity (Wildman–Crippen MR) is 85.1 cm³/mol. The number of nitrogens with zero attached hydrogens (tertiary/aromatic N) is 5. The maximum absolute atomic E-state index is 9.06. The van der Waals surface area contributed by atoms with Gasteiger partial charge in [0.1, 0.15) is 12.1 Å². The molecule has 8 nitrogen and oxygen atoms in total. The molecule has 3 rings (SSSR count). The molecule has 0 saturated carbocycles. The van der Waals surface area contributed by atoms with Crippen LogP contribution < -0.4 is 10.1 Å². The highest BCUT2D eigenvalue weighted by Crippen LogP contribution is 2.21. The molecule has 0 bridgehead atoms. The first kappa shape index (κ1) is 15.2. The summed E-state index contributed by atoms with van der Waals surface area (Å²) in [4.78, 5) is 12.7. The lowest BCUT2D eigenvalue weighted by Gasteiger charge is -2.10. The zero-order valence-electron chi connectivity index (χ0n) is 12.8. The molecule has 3 aromatic rings. The number of nitrogens with one attached hydrogen (secondary N) is 1. The molecule has 23 heavy (non-hydrogen) atoms. The molecule has 0 fully saturated rings. The average molecular weight is 314 g/mol. The number of ether oxygens (including phenoxy) is 1. The number of aromatic nitrogens is 5. The monoisotopic (exact) mass is 314 g/mol. The Labute approximate surface area is 133 Å². The number of pyridine rings is 1. The molecule has 0 spiro atoms. The average Bonchev–Trinajstić information content (AvgIpc) is 2.99. The second kappa shape index (κ2) is 7.01. The Morgan fingerprint density at radius 2 is 2.22 bits per heavy atom. The lowest BCUT2D eigenvalue weighted by atomic mass is 10.2. The van der Waals surface area contributed by atoms with Crippen molar-refractivity contribution in [1.82, 2.24) is 24.7 Å². The Morgan fingerprint density at radius 3 is 3.04 bits per heavy atom. The molecule has 0 aromatic carbocycles. The van der Waals surface area contributed by atoms with E-state index in [-0.39, 0.29) is 6.61 Å². The normalized spacial score (nSPS) is 10.9. The third kappa shape index (κ3) is 3.21. The number of fused-ring (bicyclic) bond motifs is 1. The van der Waals surface area contributed by atoms with Crippen LogP contribution in [0.15, 0.2) is 30.9 Å². The summed E-state index contributed by atoms with van der Waals surface area (Å²) in [5.41, 5.74) is 1.64. The molecular weight excluding hydrogens is 296 g/mol. The van der Waals surface area contributed by atoms with E-state index in [1.165, 1.54) is 6.33 Å². The second-order valence-electron chi connectivity index (χ2n) is 4.81. The summed E-state index contributed by atoms with van der Waals surface area (Å²) in [5, 5.41) is 17.4. The molecule has 8 heteroatoms. The van der Waals surface area contributed by atoms with Gasteiger partial charge in [-0.05, 0) is 13.0 Å². The van der Waals surface area contributed by atoms with Crippen molar-refractivity contribution in [3.8, 4) is 5.88 Å². The van der Waals surface area contributed by atoms with E-state index in [1.54, 1.807) is 17.1 Å². The van der Waals surface area contributed by atoms with Gasteiger partial charge in [-0.3, -0.25) is 0 Å². The number of rotatable bonds is 7. The molecule has 0 radical (unpaired) electrons. The molecule has 0 aliphatic carbocycles. The molecule has 3 heterocycles. The van der Waals surface area contributed by atoms with E-state index in [1.807, 2.05) is 19.1 Å². The summed E-state index contributed by atoms with van der Waals surface area (Å²) < 4.78 is 7.17. The molecule has 0 saturated heterocycles. The van der Waals surface area contributed by atoms with Gasteiger partial charge in [-0.15, -0.1) is 0 Å².